The van der Waals surface area contributed by atoms with E-state index in [4.69, 9.17) is 4.42 Å². The van der Waals surface area contributed by atoms with Gasteiger partial charge in [0.2, 0.25) is 0 Å². The molecule has 2 saturated heterocycles. The second-order valence-electron chi connectivity index (χ2n) is 6.65. The summed E-state index contributed by atoms with van der Waals surface area (Å²) in [5, 5.41) is 0. The fraction of sp³-hybridized carbons (Fsp3) is 0.350. The lowest BCUT2D eigenvalue weighted by Gasteiger charge is -2.23. The van der Waals surface area contributed by atoms with Crippen molar-refractivity contribution < 1.29 is 9.21 Å². The Morgan fingerprint density at radius 1 is 1.21 bits per heavy atom. The third kappa shape index (κ3) is 3.02. The van der Waals surface area contributed by atoms with E-state index in [1.165, 1.54) is 18.2 Å². The van der Waals surface area contributed by atoms with Crippen LogP contribution in [0.25, 0.3) is 6.08 Å². The molecule has 1 amide bonds. The fourth-order valence-corrected chi connectivity index (χ4v) is 3.90. The third-order valence-electron chi connectivity index (χ3n) is 5.17. The summed E-state index contributed by atoms with van der Waals surface area (Å²) in [7, 11) is 0. The van der Waals surface area contributed by atoms with E-state index in [0.29, 0.717) is 17.5 Å². The lowest BCUT2D eigenvalue weighted by atomic mass is 10.1. The molecule has 2 aliphatic rings. The van der Waals surface area contributed by atoms with E-state index in [-0.39, 0.29) is 5.91 Å². The van der Waals surface area contributed by atoms with Gasteiger partial charge < -0.3 is 9.32 Å². The molecule has 3 heterocycles. The molecule has 0 bridgehead atoms. The molecule has 2 fully saturated rings. The number of hydrogen-bond donors (Lipinski definition) is 0. The van der Waals surface area contributed by atoms with Crippen molar-refractivity contribution in [3.63, 3.8) is 0 Å². The molecule has 4 rings (SSSR count). The van der Waals surface area contributed by atoms with Crippen LogP contribution in [-0.2, 0) is 0 Å². The van der Waals surface area contributed by atoms with Crippen molar-refractivity contribution in [2.24, 2.45) is 5.92 Å². The molecule has 2 atom stereocenters. The molecular formula is C20H22N2O2. The molecule has 0 spiro atoms. The van der Waals surface area contributed by atoms with Crippen LogP contribution in [0.1, 0.15) is 22.3 Å². The quantitative estimate of drug-likeness (QED) is 0.868. The molecule has 124 valence electrons. The second kappa shape index (κ2) is 6.65. The van der Waals surface area contributed by atoms with Crippen LogP contribution in [0.3, 0.4) is 0 Å². The van der Waals surface area contributed by atoms with E-state index in [0.717, 1.165) is 26.2 Å². The minimum atomic E-state index is 0.0953. The highest BCUT2D eigenvalue weighted by Gasteiger charge is 2.42. The lowest BCUT2D eigenvalue weighted by Crippen LogP contribution is -2.37. The molecule has 0 radical (unpaired) electrons. The summed E-state index contributed by atoms with van der Waals surface area (Å²) in [5.41, 5.74) is 1.89. The maximum Gasteiger partial charge on any atom is 0.257 e. The number of carbonyl (C=O) groups is 1. The van der Waals surface area contributed by atoms with Gasteiger partial charge in [0.25, 0.3) is 5.91 Å². The first-order valence-electron chi connectivity index (χ1n) is 8.58. The van der Waals surface area contributed by atoms with Gasteiger partial charge in [-0.3, -0.25) is 9.69 Å². The normalized spacial score (nSPS) is 23.9. The monoisotopic (exact) mass is 322 g/mol. The number of furan rings is 1. The van der Waals surface area contributed by atoms with Crippen molar-refractivity contribution in [3.8, 4) is 0 Å². The zero-order chi connectivity index (χ0) is 16.4. The summed E-state index contributed by atoms with van der Waals surface area (Å²) in [6.07, 6.45) is 8.69. The highest BCUT2D eigenvalue weighted by atomic mass is 16.3. The van der Waals surface area contributed by atoms with Gasteiger partial charge in [0, 0.05) is 25.7 Å². The standard InChI is InChI=1S/C20H22N2O2/c23-20(18-9-12-24-15-18)22-13-17-8-11-21(19(17)14-22)10-4-7-16-5-2-1-3-6-16/h1-7,9,12,15,17,19H,8,10-11,13-14H2/t17-,19+/m0/s1. The molecule has 24 heavy (non-hydrogen) atoms. The van der Waals surface area contributed by atoms with Crippen molar-refractivity contribution in [2.45, 2.75) is 12.5 Å². The third-order valence-corrected chi connectivity index (χ3v) is 5.17. The number of nitrogens with zero attached hydrogens (tertiary/aromatic N) is 2. The number of amides is 1. The molecule has 0 aliphatic carbocycles. The number of carbonyl (C=O) groups excluding carboxylic acids is 1. The van der Waals surface area contributed by atoms with Crippen LogP contribution in [0.5, 0.6) is 0 Å². The molecule has 4 heteroatoms. The molecular weight excluding hydrogens is 300 g/mol. The molecule has 4 nitrogen and oxygen atoms in total. The topological polar surface area (TPSA) is 36.7 Å². The summed E-state index contributed by atoms with van der Waals surface area (Å²) >= 11 is 0. The number of benzene rings is 1. The smallest absolute Gasteiger partial charge is 0.257 e. The molecule has 0 saturated carbocycles. The predicted octanol–water partition coefficient (Wildman–Crippen LogP) is 3.14. The molecule has 2 aromatic rings. The first kappa shape index (κ1) is 15.2. The second-order valence-corrected chi connectivity index (χ2v) is 6.65. The molecule has 2 aliphatic heterocycles. The molecule has 0 unspecified atom stereocenters. The van der Waals surface area contributed by atoms with E-state index in [2.05, 4.69) is 41.3 Å². The highest BCUT2D eigenvalue weighted by Crippen LogP contribution is 2.32. The van der Waals surface area contributed by atoms with Gasteiger partial charge in [-0.1, -0.05) is 42.5 Å². The largest absolute Gasteiger partial charge is 0.472 e. The number of rotatable bonds is 4. The SMILES string of the molecule is O=C(c1ccoc1)N1C[C@@H]2CCN(CC=Cc3ccccc3)[C@@H]2C1. The average molecular weight is 322 g/mol. The Hall–Kier alpha value is -2.33. The predicted molar refractivity (Wildman–Crippen MR) is 93.6 cm³/mol. The van der Waals surface area contributed by atoms with Crippen LogP contribution in [-0.4, -0.2) is 47.9 Å². The fourth-order valence-electron chi connectivity index (χ4n) is 3.90. The minimum Gasteiger partial charge on any atom is -0.472 e. The highest BCUT2D eigenvalue weighted by molar-refractivity contribution is 5.94. The zero-order valence-corrected chi connectivity index (χ0v) is 13.7. The minimum absolute atomic E-state index is 0.0953. The van der Waals surface area contributed by atoms with E-state index >= 15 is 0 Å². The van der Waals surface area contributed by atoms with E-state index in [9.17, 15) is 4.79 Å². The summed E-state index contributed by atoms with van der Waals surface area (Å²) < 4.78 is 5.04. The van der Waals surface area contributed by atoms with Crippen LogP contribution in [0, 0.1) is 5.92 Å². The summed E-state index contributed by atoms with van der Waals surface area (Å²) in [4.78, 5) is 17.0. The van der Waals surface area contributed by atoms with Crippen molar-refractivity contribution >= 4 is 12.0 Å². The zero-order valence-electron chi connectivity index (χ0n) is 13.7. The Kier molecular flexibility index (Phi) is 4.22. The maximum atomic E-state index is 12.5. The van der Waals surface area contributed by atoms with Gasteiger partial charge in [0.1, 0.15) is 6.26 Å². The van der Waals surface area contributed by atoms with E-state index in [1.54, 1.807) is 12.3 Å². The Labute approximate surface area is 142 Å². The van der Waals surface area contributed by atoms with Crippen molar-refractivity contribution in [3.05, 3.63) is 66.1 Å². The van der Waals surface area contributed by atoms with Crippen molar-refractivity contribution in [1.82, 2.24) is 9.80 Å². The van der Waals surface area contributed by atoms with Gasteiger partial charge in [-0.15, -0.1) is 0 Å². The number of hydrogen-bond acceptors (Lipinski definition) is 3. The van der Waals surface area contributed by atoms with Gasteiger partial charge in [-0.2, -0.15) is 0 Å². The van der Waals surface area contributed by atoms with Gasteiger partial charge in [-0.05, 0) is 30.5 Å². The first-order valence-corrected chi connectivity index (χ1v) is 8.58. The van der Waals surface area contributed by atoms with Gasteiger partial charge in [-0.25, -0.2) is 0 Å². The van der Waals surface area contributed by atoms with Crippen molar-refractivity contribution in [1.29, 1.82) is 0 Å². The van der Waals surface area contributed by atoms with Gasteiger partial charge in [0.15, 0.2) is 0 Å². The molecule has 0 N–H and O–H groups in total. The van der Waals surface area contributed by atoms with E-state index in [1.807, 2.05) is 11.0 Å². The average Bonchev–Trinajstić information content (AvgIpc) is 3.33. The Morgan fingerprint density at radius 3 is 2.88 bits per heavy atom. The number of fused-ring (bicyclic) bond motifs is 1. The van der Waals surface area contributed by atoms with Crippen LogP contribution in [0.2, 0.25) is 0 Å². The van der Waals surface area contributed by atoms with Gasteiger partial charge >= 0.3 is 0 Å². The summed E-state index contributed by atoms with van der Waals surface area (Å²) in [6, 6.07) is 12.6. The Morgan fingerprint density at radius 2 is 2.08 bits per heavy atom. The maximum absolute atomic E-state index is 12.5. The Balaban J connectivity index is 1.36. The van der Waals surface area contributed by atoms with Crippen LogP contribution >= 0.6 is 0 Å². The van der Waals surface area contributed by atoms with Crippen LogP contribution < -0.4 is 0 Å². The molecule has 1 aromatic carbocycles. The van der Waals surface area contributed by atoms with Crippen LogP contribution in [0.15, 0.2) is 59.4 Å². The first-order chi connectivity index (χ1) is 11.8. The molecule has 1 aromatic heterocycles. The van der Waals surface area contributed by atoms with Gasteiger partial charge in [0.05, 0.1) is 11.8 Å². The lowest BCUT2D eigenvalue weighted by molar-refractivity contribution is 0.0772. The summed E-state index contributed by atoms with van der Waals surface area (Å²) in [6.45, 7) is 3.77. The van der Waals surface area contributed by atoms with Crippen molar-refractivity contribution in [2.75, 3.05) is 26.2 Å². The number of likely N-dealkylation sites (tertiary alicyclic amines) is 2. The Bertz CT molecular complexity index is 709. The summed E-state index contributed by atoms with van der Waals surface area (Å²) in [5.74, 6) is 0.698. The van der Waals surface area contributed by atoms with E-state index < -0.39 is 0 Å². The van der Waals surface area contributed by atoms with Crippen LogP contribution in [0.4, 0.5) is 0 Å².